The number of methoxy groups -OCH3 is 1. The molecule has 1 aromatic carbocycles. The fourth-order valence-corrected chi connectivity index (χ4v) is 4.26. The topological polar surface area (TPSA) is 71.5 Å². The van der Waals surface area contributed by atoms with Crippen molar-refractivity contribution in [2.45, 2.75) is 38.0 Å². The van der Waals surface area contributed by atoms with Crippen LogP contribution in [-0.4, -0.2) is 37.1 Å². The van der Waals surface area contributed by atoms with E-state index in [9.17, 15) is 9.59 Å². The first-order chi connectivity index (χ1) is 13.7. The lowest BCUT2D eigenvalue weighted by Crippen LogP contribution is -2.25. The Balaban J connectivity index is 1.51. The molecule has 146 valence electrons. The van der Waals surface area contributed by atoms with Crippen LogP contribution in [0.15, 0.2) is 36.7 Å². The molecule has 1 atom stereocenters. The van der Waals surface area contributed by atoms with E-state index in [1.165, 1.54) is 18.2 Å². The van der Waals surface area contributed by atoms with Gasteiger partial charge >= 0.3 is 5.97 Å². The smallest absolute Gasteiger partial charge is 0.340 e. The summed E-state index contributed by atoms with van der Waals surface area (Å²) in [6.45, 7) is 1.55. The van der Waals surface area contributed by atoms with Gasteiger partial charge in [-0.2, -0.15) is 0 Å². The number of esters is 1. The summed E-state index contributed by atoms with van der Waals surface area (Å²) in [5, 5.41) is 3.39. The normalized spacial score (nSPS) is 18.7. The lowest BCUT2D eigenvalue weighted by atomic mass is 9.82. The summed E-state index contributed by atoms with van der Waals surface area (Å²) in [7, 11) is 1.38. The Labute approximate surface area is 164 Å². The molecule has 0 bridgehead atoms. The van der Waals surface area contributed by atoms with Crippen LogP contribution in [-0.2, 0) is 16.0 Å². The van der Waals surface area contributed by atoms with E-state index in [1.54, 1.807) is 18.5 Å². The zero-order chi connectivity index (χ0) is 19.5. The predicted octanol–water partition coefficient (Wildman–Crippen LogP) is 3.53. The molecular formula is C22H25N3O3. The molecule has 2 aliphatic rings. The minimum atomic E-state index is -0.367. The Morgan fingerprint density at radius 3 is 2.96 bits per heavy atom. The van der Waals surface area contributed by atoms with E-state index in [2.05, 4.69) is 28.5 Å². The van der Waals surface area contributed by atoms with Gasteiger partial charge in [0.1, 0.15) is 0 Å². The summed E-state index contributed by atoms with van der Waals surface area (Å²) in [4.78, 5) is 30.0. The lowest BCUT2D eigenvalue weighted by molar-refractivity contribution is -0.117. The van der Waals surface area contributed by atoms with Crippen molar-refractivity contribution in [1.82, 2.24) is 4.98 Å². The second-order valence-corrected chi connectivity index (χ2v) is 7.41. The third-order valence-electron chi connectivity index (χ3n) is 5.72. The van der Waals surface area contributed by atoms with Crippen molar-refractivity contribution in [3.63, 3.8) is 0 Å². The quantitative estimate of drug-likeness (QED) is 0.805. The van der Waals surface area contributed by atoms with Crippen molar-refractivity contribution in [3.8, 4) is 0 Å². The molecule has 6 heteroatoms. The third kappa shape index (κ3) is 3.59. The van der Waals surface area contributed by atoms with Gasteiger partial charge in [0.05, 0.1) is 24.6 Å². The maximum atomic E-state index is 12.1. The molecule has 2 aromatic rings. The lowest BCUT2D eigenvalue weighted by Gasteiger charge is -2.28. The summed E-state index contributed by atoms with van der Waals surface area (Å²) in [6, 6.07) is 8.10. The number of aryl methyl sites for hydroxylation is 1. The number of carbonyl (C=O) groups excluding carboxylic acids is 2. The van der Waals surface area contributed by atoms with Gasteiger partial charge in [-0.1, -0.05) is 6.07 Å². The fraction of sp³-hybridized carbons (Fsp3) is 0.409. The van der Waals surface area contributed by atoms with E-state index in [4.69, 9.17) is 4.74 Å². The van der Waals surface area contributed by atoms with Crippen molar-refractivity contribution < 1.29 is 14.3 Å². The summed E-state index contributed by atoms with van der Waals surface area (Å²) < 4.78 is 4.86. The molecule has 0 spiro atoms. The van der Waals surface area contributed by atoms with Crippen LogP contribution in [0.1, 0.15) is 53.1 Å². The van der Waals surface area contributed by atoms with Crippen molar-refractivity contribution in [3.05, 3.63) is 53.3 Å². The van der Waals surface area contributed by atoms with Crippen LogP contribution < -0.4 is 10.2 Å². The molecule has 1 saturated heterocycles. The first-order valence-corrected chi connectivity index (χ1v) is 9.87. The number of amides is 1. The fourth-order valence-electron chi connectivity index (χ4n) is 4.26. The van der Waals surface area contributed by atoms with Gasteiger partial charge in [-0.05, 0) is 55.0 Å². The molecule has 0 radical (unpaired) electrons. The second kappa shape index (κ2) is 8.00. The Morgan fingerprint density at radius 1 is 1.29 bits per heavy atom. The van der Waals surface area contributed by atoms with E-state index in [-0.39, 0.29) is 11.9 Å². The van der Waals surface area contributed by atoms with E-state index < -0.39 is 0 Å². The van der Waals surface area contributed by atoms with Gasteiger partial charge in [-0.15, -0.1) is 0 Å². The van der Waals surface area contributed by atoms with Crippen molar-refractivity contribution in [2.24, 2.45) is 0 Å². The molecule has 28 heavy (non-hydrogen) atoms. The summed E-state index contributed by atoms with van der Waals surface area (Å²) in [6.07, 6.45) is 8.10. The van der Waals surface area contributed by atoms with Crippen LogP contribution in [0.3, 0.4) is 0 Å². The molecule has 1 amide bonds. The molecule has 2 heterocycles. The third-order valence-corrected chi connectivity index (χ3v) is 5.72. The van der Waals surface area contributed by atoms with Gasteiger partial charge in [0.25, 0.3) is 0 Å². The average molecular weight is 379 g/mol. The number of carbonyl (C=O) groups is 2. The van der Waals surface area contributed by atoms with Gasteiger partial charge in [-0.25, -0.2) is 4.79 Å². The maximum Gasteiger partial charge on any atom is 0.340 e. The number of nitrogens with zero attached hydrogens (tertiary/aromatic N) is 2. The second-order valence-electron chi connectivity index (χ2n) is 7.41. The number of fused-ring (bicyclic) bond motifs is 1. The van der Waals surface area contributed by atoms with Crippen LogP contribution in [0, 0.1) is 0 Å². The molecule has 0 saturated carbocycles. The van der Waals surface area contributed by atoms with E-state index in [0.29, 0.717) is 23.6 Å². The Kier molecular flexibility index (Phi) is 5.28. The molecule has 1 fully saturated rings. The molecule has 4 rings (SSSR count). The molecule has 6 nitrogen and oxygen atoms in total. The summed E-state index contributed by atoms with van der Waals surface area (Å²) in [5.74, 6) is 0.215. The Hall–Kier alpha value is -2.89. The minimum Gasteiger partial charge on any atom is -0.465 e. The monoisotopic (exact) mass is 379 g/mol. The number of ether oxygens (including phenoxy) is 1. The summed E-state index contributed by atoms with van der Waals surface area (Å²) in [5.41, 5.74) is 4.87. The van der Waals surface area contributed by atoms with Gasteiger partial charge in [0.15, 0.2) is 0 Å². The van der Waals surface area contributed by atoms with Crippen molar-refractivity contribution >= 4 is 23.3 Å². The number of pyridine rings is 1. The number of anilines is 2. The van der Waals surface area contributed by atoms with Crippen LogP contribution in [0.5, 0.6) is 0 Å². The molecule has 1 aliphatic heterocycles. The zero-order valence-electron chi connectivity index (χ0n) is 16.1. The minimum absolute atomic E-state index is 0.223. The van der Waals surface area contributed by atoms with Gasteiger partial charge in [-0.3, -0.25) is 9.78 Å². The molecular weight excluding hydrogens is 354 g/mol. The van der Waals surface area contributed by atoms with Crippen LogP contribution in [0.25, 0.3) is 0 Å². The predicted molar refractivity (Wildman–Crippen MR) is 108 cm³/mol. The first kappa shape index (κ1) is 18.5. The highest BCUT2D eigenvalue weighted by Gasteiger charge is 2.25. The Morgan fingerprint density at radius 2 is 2.18 bits per heavy atom. The van der Waals surface area contributed by atoms with Gasteiger partial charge in [0.2, 0.25) is 5.91 Å². The number of nitrogens with one attached hydrogen (secondary N) is 1. The number of hydrogen-bond donors (Lipinski definition) is 1. The SMILES string of the molecule is COC(=O)c1ccncc1NCC1CCCc2cc(N3CCCC3=O)ccc21. The van der Waals surface area contributed by atoms with Crippen LogP contribution in [0.4, 0.5) is 11.4 Å². The van der Waals surface area contributed by atoms with Gasteiger partial charge < -0.3 is 15.0 Å². The number of benzene rings is 1. The summed E-state index contributed by atoms with van der Waals surface area (Å²) >= 11 is 0. The molecule has 1 aromatic heterocycles. The van der Waals surface area contributed by atoms with E-state index in [1.807, 2.05) is 4.90 Å². The highest BCUT2D eigenvalue weighted by Crippen LogP contribution is 2.35. The van der Waals surface area contributed by atoms with Gasteiger partial charge in [0, 0.05) is 37.3 Å². The molecule has 1 aliphatic carbocycles. The van der Waals surface area contributed by atoms with Crippen LogP contribution in [0.2, 0.25) is 0 Å². The first-order valence-electron chi connectivity index (χ1n) is 9.87. The van der Waals surface area contributed by atoms with E-state index in [0.717, 1.165) is 44.5 Å². The van der Waals surface area contributed by atoms with Crippen LogP contribution >= 0.6 is 0 Å². The Bertz CT molecular complexity index is 896. The van der Waals surface area contributed by atoms with Crippen molar-refractivity contribution in [2.75, 3.05) is 30.4 Å². The standard InChI is InChI=1S/C22H25N3O3/c1-28-22(27)19-9-10-23-14-20(19)24-13-16-5-2-4-15-12-17(7-8-18(15)16)25-11-3-6-21(25)26/h7-10,12,14,16,24H,2-6,11,13H2,1H3. The highest BCUT2D eigenvalue weighted by atomic mass is 16.5. The number of hydrogen-bond acceptors (Lipinski definition) is 5. The number of aromatic nitrogens is 1. The zero-order valence-corrected chi connectivity index (χ0v) is 16.1. The van der Waals surface area contributed by atoms with E-state index >= 15 is 0 Å². The van der Waals surface area contributed by atoms with Crippen molar-refractivity contribution in [1.29, 1.82) is 0 Å². The average Bonchev–Trinajstić information content (AvgIpc) is 3.17. The maximum absolute atomic E-state index is 12.1. The highest BCUT2D eigenvalue weighted by molar-refractivity contribution is 5.96. The number of rotatable bonds is 5. The molecule has 1 N–H and O–H groups in total. The molecule has 1 unspecified atom stereocenters. The largest absolute Gasteiger partial charge is 0.465 e.